The molecule has 2 rings (SSSR count). The Bertz CT molecular complexity index is 946. The molecule has 2 aromatic carbocycles. The maximum Gasteiger partial charge on any atom is 0.338 e. The summed E-state index contributed by atoms with van der Waals surface area (Å²) in [5.41, 5.74) is 0.334. The van der Waals surface area contributed by atoms with E-state index in [0.717, 1.165) is 6.07 Å². The molecule has 0 atom stereocenters. The van der Waals surface area contributed by atoms with Crippen LogP contribution in [0.15, 0.2) is 53.4 Å². The van der Waals surface area contributed by atoms with E-state index in [9.17, 15) is 22.4 Å². The van der Waals surface area contributed by atoms with Crippen LogP contribution in [0.25, 0.3) is 0 Å². The minimum Gasteiger partial charge on any atom is -0.452 e. The molecule has 0 unspecified atom stereocenters. The van der Waals surface area contributed by atoms with E-state index in [1.807, 2.05) is 0 Å². The summed E-state index contributed by atoms with van der Waals surface area (Å²) in [6, 6.07) is 11.3. The highest BCUT2D eigenvalue weighted by atomic mass is 32.2. The lowest BCUT2D eigenvalue weighted by Gasteiger charge is -2.17. The number of hydrogen-bond acceptors (Lipinski definition) is 5. The van der Waals surface area contributed by atoms with Crippen molar-refractivity contribution in [1.82, 2.24) is 9.62 Å². The first-order valence-electron chi connectivity index (χ1n) is 7.92. The van der Waals surface area contributed by atoms with Gasteiger partial charge in [-0.3, -0.25) is 4.79 Å². The molecule has 0 aromatic heterocycles. The molecular weight excluding hydrogens is 375 g/mol. The number of carbonyl (C=O) groups excluding carboxylic acids is 2. The topological polar surface area (TPSA) is 92.8 Å². The van der Waals surface area contributed by atoms with Crippen LogP contribution in [-0.2, 0) is 26.1 Å². The second-order valence-corrected chi connectivity index (χ2v) is 7.54. The fourth-order valence-electron chi connectivity index (χ4n) is 2.20. The fourth-order valence-corrected chi connectivity index (χ4v) is 2.97. The number of rotatable bonds is 7. The van der Waals surface area contributed by atoms with Crippen LogP contribution in [0.4, 0.5) is 4.39 Å². The molecule has 1 amide bonds. The number of benzene rings is 2. The van der Waals surface area contributed by atoms with Crippen LogP contribution in [0, 0.1) is 5.82 Å². The van der Waals surface area contributed by atoms with Crippen molar-refractivity contribution in [3.8, 4) is 0 Å². The molecule has 0 spiro atoms. The van der Waals surface area contributed by atoms with E-state index in [0.29, 0.717) is 5.56 Å². The summed E-state index contributed by atoms with van der Waals surface area (Å²) in [6.07, 6.45) is 0. The number of hydrogen-bond donors (Lipinski definition) is 1. The Morgan fingerprint density at radius 2 is 1.85 bits per heavy atom. The van der Waals surface area contributed by atoms with Gasteiger partial charge in [0.25, 0.3) is 5.91 Å². The van der Waals surface area contributed by atoms with Crippen LogP contribution in [0.3, 0.4) is 0 Å². The first-order chi connectivity index (χ1) is 12.7. The summed E-state index contributed by atoms with van der Waals surface area (Å²) in [4.78, 5) is 25.3. The third-order valence-corrected chi connectivity index (χ3v) is 5.18. The minimum absolute atomic E-state index is 0.00381. The standard InChI is InChI=1S/C18H19FN2O5S/c1-20-27(24,25)15-8-5-7-13(10-15)18(23)26-12-17(22)21(2)11-14-6-3-4-9-16(14)19/h3-10,20H,11-12H2,1-2H3. The van der Waals surface area contributed by atoms with E-state index in [1.165, 1.54) is 43.3 Å². The average Bonchev–Trinajstić information content (AvgIpc) is 2.67. The summed E-state index contributed by atoms with van der Waals surface area (Å²) in [7, 11) is -0.991. The summed E-state index contributed by atoms with van der Waals surface area (Å²) >= 11 is 0. The van der Waals surface area contributed by atoms with Gasteiger partial charge in [0.1, 0.15) is 5.82 Å². The molecule has 144 valence electrons. The van der Waals surface area contributed by atoms with Crippen molar-refractivity contribution in [3.05, 3.63) is 65.5 Å². The normalized spacial score (nSPS) is 11.1. The second kappa shape index (κ2) is 8.74. The van der Waals surface area contributed by atoms with E-state index in [2.05, 4.69) is 4.72 Å². The van der Waals surface area contributed by atoms with Crippen molar-refractivity contribution >= 4 is 21.9 Å². The second-order valence-electron chi connectivity index (χ2n) is 5.65. The van der Waals surface area contributed by atoms with Crippen molar-refractivity contribution in [2.24, 2.45) is 0 Å². The number of nitrogens with one attached hydrogen (secondary N) is 1. The quantitative estimate of drug-likeness (QED) is 0.720. The molecule has 0 aliphatic carbocycles. The predicted octanol–water partition coefficient (Wildman–Crippen LogP) is 1.55. The number of ether oxygens (including phenoxy) is 1. The molecule has 1 N–H and O–H groups in total. The predicted molar refractivity (Wildman–Crippen MR) is 95.8 cm³/mol. The number of likely N-dealkylation sites (N-methyl/N-ethyl adjacent to an activating group) is 1. The maximum absolute atomic E-state index is 13.6. The molecule has 27 heavy (non-hydrogen) atoms. The van der Waals surface area contributed by atoms with Crippen molar-refractivity contribution in [3.63, 3.8) is 0 Å². The van der Waals surface area contributed by atoms with E-state index in [1.54, 1.807) is 18.2 Å². The number of sulfonamides is 1. The van der Waals surface area contributed by atoms with Crippen molar-refractivity contribution in [2.45, 2.75) is 11.4 Å². The van der Waals surface area contributed by atoms with Crippen LogP contribution in [0.1, 0.15) is 15.9 Å². The van der Waals surface area contributed by atoms with Gasteiger partial charge in [0.15, 0.2) is 6.61 Å². The third-order valence-electron chi connectivity index (χ3n) is 3.77. The molecule has 0 saturated heterocycles. The molecule has 0 bridgehead atoms. The Morgan fingerprint density at radius 3 is 2.52 bits per heavy atom. The molecule has 2 aromatic rings. The van der Waals surface area contributed by atoms with Crippen LogP contribution < -0.4 is 4.72 Å². The van der Waals surface area contributed by atoms with E-state index in [-0.39, 0.29) is 17.0 Å². The summed E-state index contributed by atoms with van der Waals surface area (Å²) in [5, 5.41) is 0. The lowest BCUT2D eigenvalue weighted by molar-refractivity contribution is -0.133. The highest BCUT2D eigenvalue weighted by Gasteiger charge is 2.17. The van der Waals surface area contributed by atoms with Gasteiger partial charge < -0.3 is 9.64 Å². The lowest BCUT2D eigenvalue weighted by atomic mass is 10.2. The van der Waals surface area contributed by atoms with E-state index in [4.69, 9.17) is 4.74 Å². The molecule has 0 aliphatic heterocycles. The van der Waals surface area contributed by atoms with Gasteiger partial charge in [0.2, 0.25) is 10.0 Å². The van der Waals surface area contributed by atoms with Gasteiger partial charge in [0, 0.05) is 19.2 Å². The molecular formula is C18H19FN2O5S. The van der Waals surface area contributed by atoms with Gasteiger partial charge in [-0.15, -0.1) is 0 Å². The third kappa shape index (κ3) is 5.35. The van der Waals surface area contributed by atoms with Crippen molar-refractivity contribution < 1.29 is 27.1 Å². The molecule has 0 fully saturated rings. The average molecular weight is 394 g/mol. The van der Waals surface area contributed by atoms with Gasteiger partial charge in [0.05, 0.1) is 10.5 Å². The molecule has 0 saturated carbocycles. The van der Waals surface area contributed by atoms with Crippen LogP contribution in [-0.4, -0.2) is 45.9 Å². The van der Waals surface area contributed by atoms with Gasteiger partial charge in [-0.1, -0.05) is 24.3 Å². The summed E-state index contributed by atoms with van der Waals surface area (Å²) < 4.78 is 44.3. The Labute approximate surface area is 156 Å². The molecule has 9 heteroatoms. The number of halogens is 1. The van der Waals surface area contributed by atoms with Crippen molar-refractivity contribution in [2.75, 3.05) is 20.7 Å². The first kappa shape index (κ1) is 20.5. The maximum atomic E-state index is 13.6. The summed E-state index contributed by atoms with van der Waals surface area (Å²) in [5.74, 6) is -1.79. The van der Waals surface area contributed by atoms with Gasteiger partial charge in [-0.25, -0.2) is 22.3 Å². The van der Waals surface area contributed by atoms with Crippen LogP contribution in [0.2, 0.25) is 0 Å². The zero-order valence-electron chi connectivity index (χ0n) is 14.8. The van der Waals surface area contributed by atoms with E-state index < -0.39 is 34.3 Å². The SMILES string of the molecule is CNS(=O)(=O)c1cccc(C(=O)OCC(=O)N(C)Cc2ccccc2F)c1. The zero-order valence-corrected chi connectivity index (χ0v) is 15.6. The zero-order chi connectivity index (χ0) is 20.0. The number of esters is 1. The minimum atomic E-state index is -3.71. The number of amides is 1. The Hall–Kier alpha value is -2.78. The number of carbonyl (C=O) groups is 2. The molecule has 0 heterocycles. The highest BCUT2D eigenvalue weighted by molar-refractivity contribution is 7.89. The van der Waals surface area contributed by atoms with Crippen LogP contribution >= 0.6 is 0 Å². The van der Waals surface area contributed by atoms with E-state index >= 15 is 0 Å². The number of nitrogens with zero attached hydrogens (tertiary/aromatic N) is 1. The monoisotopic (exact) mass is 394 g/mol. The lowest BCUT2D eigenvalue weighted by Crippen LogP contribution is -2.31. The first-order valence-corrected chi connectivity index (χ1v) is 9.41. The molecule has 7 nitrogen and oxygen atoms in total. The molecule has 0 aliphatic rings. The smallest absolute Gasteiger partial charge is 0.338 e. The van der Waals surface area contributed by atoms with Gasteiger partial charge in [-0.2, -0.15) is 0 Å². The Kier molecular flexibility index (Phi) is 6.65. The molecule has 0 radical (unpaired) electrons. The van der Waals surface area contributed by atoms with Gasteiger partial charge >= 0.3 is 5.97 Å². The Balaban J connectivity index is 1.98. The van der Waals surface area contributed by atoms with Crippen molar-refractivity contribution in [1.29, 1.82) is 0 Å². The van der Waals surface area contributed by atoms with Gasteiger partial charge in [-0.05, 0) is 31.3 Å². The van der Waals surface area contributed by atoms with Crippen LogP contribution in [0.5, 0.6) is 0 Å². The Morgan fingerprint density at radius 1 is 1.15 bits per heavy atom. The largest absolute Gasteiger partial charge is 0.452 e. The highest BCUT2D eigenvalue weighted by Crippen LogP contribution is 2.13. The fraction of sp³-hybridized carbons (Fsp3) is 0.222. The summed E-state index contributed by atoms with van der Waals surface area (Å²) in [6.45, 7) is -0.522.